The number of hydrogen-bond acceptors (Lipinski definition) is 7. The van der Waals surface area contributed by atoms with Crippen LogP contribution in [-0.4, -0.2) is 57.8 Å². The lowest BCUT2D eigenvalue weighted by Gasteiger charge is -2.29. The molecule has 9 nitrogen and oxygen atoms in total. The van der Waals surface area contributed by atoms with Gasteiger partial charge in [-0.15, -0.1) is 0 Å². The number of carbonyl (C=O) groups excluding carboxylic acids is 2. The number of piperidine rings is 1. The van der Waals surface area contributed by atoms with E-state index in [1.807, 2.05) is 24.3 Å². The number of nitrogens with zero attached hydrogens (tertiary/aromatic N) is 4. The third kappa shape index (κ3) is 4.20. The number of amides is 1. The first-order valence-electron chi connectivity index (χ1n) is 10.1. The van der Waals surface area contributed by atoms with Crippen LogP contribution in [0.2, 0.25) is 0 Å². The third-order valence-electron chi connectivity index (χ3n) is 5.31. The summed E-state index contributed by atoms with van der Waals surface area (Å²) < 4.78 is 12.4. The van der Waals surface area contributed by atoms with E-state index in [9.17, 15) is 9.59 Å². The van der Waals surface area contributed by atoms with Crippen molar-refractivity contribution in [3.63, 3.8) is 0 Å². The van der Waals surface area contributed by atoms with Crippen LogP contribution in [0.4, 0.5) is 5.82 Å². The number of ether oxygens (including phenoxy) is 1. The summed E-state index contributed by atoms with van der Waals surface area (Å²) in [5, 5.41) is 6.85. The molecular weight excluding hydrogens is 386 g/mol. The van der Waals surface area contributed by atoms with Crippen LogP contribution in [0.25, 0.3) is 11.1 Å². The maximum Gasteiger partial charge on any atom is 0.343 e. The molecule has 0 atom stereocenters. The summed E-state index contributed by atoms with van der Waals surface area (Å²) in [6.45, 7) is 3.78. The molecule has 9 heteroatoms. The van der Waals surface area contributed by atoms with Crippen molar-refractivity contribution in [1.29, 1.82) is 0 Å². The third-order valence-corrected chi connectivity index (χ3v) is 5.31. The van der Waals surface area contributed by atoms with Crippen LogP contribution < -0.4 is 5.32 Å². The summed E-state index contributed by atoms with van der Waals surface area (Å²) in [6, 6.07) is 7.76. The normalized spacial score (nSPS) is 15.4. The lowest BCUT2D eigenvalue weighted by atomic mass is 9.97. The topological polar surface area (TPSA) is 102 Å². The fourth-order valence-electron chi connectivity index (χ4n) is 3.72. The summed E-state index contributed by atoms with van der Waals surface area (Å²) >= 11 is 0. The van der Waals surface area contributed by atoms with Gasteiger partial charge >= 0.3 is 5.97 Å². The Morgan fingerprint density at radius 1 is 1.27 bits per heavy atom. The molecule has 2 aromatic heterocycles. The highest BCUT2D eigenvalue weighted by molar-refractivity contribution is 6.00. The van der Waals surface area contributed by atoms with Gasteiger partial charge in [0.25, 0.3) is 0 Å². The molecule has 1 aliphatic rings. The van der Waals surface area contributed by atoms with E-state index in [4.69, 9.17) is 9.15 Å². The lowest BCUT2D eigenvalue weighted by Crippen LogP contribution is -2.39. The molecular formula is C21H25N5O4. The second kappa shape index (κ2) is 8.66. The molecule has 0 spiro atoms. The molecule has 3 heterocycles. The van der Waals surface area contributed by atoms with Crippen LogP contribution in [0.3, 0.4) is 0 Å². The molecule has 0 radical (unpaired) electrons. The Hall–Kier alpha value is -3.20. The predicted molar refractivity (Wildman–Crippen MR) is 110 cm³/mol. The molecule has 0 unspecified atom stereocenters. The molecule has 1 fully saturated rings. The first-order chi connectivity index (χ1) is 14.5. The fraction of sp³-hybridized carbons (Fsp3) is 0.429. The fourth-order valence-corrected chi connectivity index (χ4v) is 3.72. The van der Waals surface area contributed by atoms with Gasteiger partial charge in [-0.25, -0.2) is 9.78 Å². The first kappa shape index (κ1) is 20.1. The summed E-state index contributed by atoms with van der Waals surface area (Å²) in [7, 11) is 1.67. The zero-order chi connectivity index (χ0) is 21.1. The molecule has 30 heavy (non-hydrogen) atoms. The Balaban J connectivity index is 1.33. The largest absolute Gasteiger partial charge is 0.462 e. The van der Waals surface area contributed by atoms with Gasteiger partial charge in [-0.2, -0.15) is 5.10 Å². The van der Waals surface area contributed by atoms with Crippen molar-refractivity contribution < 1.29 is 18.7 Å². The highest BCUT2D eigenvalue weighted by Gasteiger charge is 2.26. The van der Waals surface area contributed by atoms with E-state index in [2.05, 4.69) is 20.3 Å². The van der Waals surface area contributed by atoms with Gasteiger partial charge in [-0.05, 0) is 45.0 Å². The highest BCUT2D eigenvalue weighted by atomic mass is 16.5. The summed E-state index contributed by atoms with van der Waals surface area (Å²) in [5.41, 5.74) is 1.94. The molecule has 1 amide bonds. The molecule has 4 rings (SSSR count). The van der Waals surface area contributed by atoms with Gasteiger partial charge in [0.2, 0.25) is 5.91 Å². The Morgan fingerprint density at radius 2 is 2.03 bits per heavy atom. The Morgan fingerprint density at radius 3 is 2.77 bits per heavy atom. The zero-order valence-electron chi connectivity index (χ0n) is 17.1. The van der Waals surface area contributed by atoms with Crippen LogP contribution in [-0.2, 0) is 16.6 Å². The number of anilines is 1. The molecule has 1 aromatic carbocycles. The van der Waals surface area contributed by atoms with E-state index in [-0.39, 0.29) is 30.5 Å². The number of aromatic nitrogens is 3. The number of para-hydroxylation sites is 2. The predicted octanol–water partition coefficient (Wildman–Crippen LogP) is 2.56. The van der Waals surface area contributed by atoms with E-state index in [1.165, 1.54) is 10.9 Å². The first-order valence-corrected chi connectivity index (χ1v) is 10.1. The number of benzene rings is 1. The lowest BCUT2D eigenvalue weighted by molar-refractivity contribution is -0.117. The number of hydrogen-bond donors (Lipinski definition) is 1. The minimum absolute atomic E-state index is 0.190. The van der Waals surface area contributed by atoms with E-state index in [0.717, 1.165) is 42.9 Å². The minimum Gasteiger partial charge on any atom is -0.462 e. The van der Waals surface area contributed by atoms with E-state index in [0.29, 0.717) is 5.82 Å². The summed E-state index contributed by atoms with van der Waals surface area (Å²) in [6.07, 6.45) is 3.15. The second-order valence-corrected chi connectivity index (χ2v) is 7.37. The number of rotatable bonds is 6. The SMILES string of the molecule is CCOC(=O)c1cnn(C)c1NC(=O)CN1CCC(c2nc3ccccc3o2)CC1. The summed E-state index contributed by atoms with van der Waals surface area (Å²) in [5.74, 6) is 0.683. The van der Waals surface area contributed by atoms with Crippen LogP contribution in [0, 0.1) is 0 Å². The Kier molecular flexibility index (Phi) is 5.80. The van der Waals surface area contributed by atoms with Gasteiger partial charge < -0.3 is 14.5 Å². The van der Waals surface area contributed by atoms with Gasteiger partial charge in [0.05, 0.1) is 19.3 Å². The Bertz CT molecular complexity index is 1020. The van der Waals surface area contributed by atoms with Crippen molar-refractivity contribution in [2.45, 2.75) is 25.7 Å². The molecule has 1 saturated heterocycles. The number of carbonyl (C=O) groups is 2. The molecule has 0 aliphatic carbocycles. The minimum atomic E-state index is -0.500. The smallest absolute Gasteiger partial charge is 0.343 e. The van der Waals surface area contributed by atoms with Crippen LogP contribution >= 0.6 is 0 Å². The van der Waals surface area contributed by atoms with Gasteiger partial charge in [-0.1, -0.05) is 12.1 Å². The number of oxazole rings is 1. The van der Waals surface area contributed by atoms with Crippen LogP contribution in [0.15, 0.2) is 34.9 Å². The van der Waals surface area contributed by atoms with Crippen molar-refractivity contribution in [3.8, 4) is 0 Å². The van der Waals surface area contributed by atoms with Gasteiger partial charge in [0.15, 0.2) is 11.5 Å². The monoisotopic (exact) mass is 411 g/mol. The van der Waals surface area contributed by atoms with Crippen molar-refractivity contribution in [3.05, 3.63) is 41.9 Å². The number of fused-ring (bicyclic) bond motifs is 1. The van der Waals surface area contributed by atoms with E-state index in [1.54, 1.807) is 14.0 Å². The van der Waals surface area contributed by atoms with Gasteiger partial charge in [0, 0.05) is 13.0 Å². The standard InChI is InChI=1S/C21H25N5O4/c1-3-29-21(28)15-12-22-25(2)19(15)24-18(27)13-26-10-8-14(9-11-26)20-23-16-6-4-5-7-17(16)30-20/h4-7,12,14H,3,8-11,13H2,1-2H3,(H,24,27). The van der Waals surface area contributed by atoms with E-state index >= 15 is 0 Å². The van der Waals surface area contributed by atoms with E-state index < -0.39 is 5.97 Å². The summed E-state index contributed by atoms with van der Waals surface area (Å²) in [4.78, 5) is 31.3. The maximum absolute atomic E-state index is 12.6. The van der Waals surface area contributed by atoms with Crippen LogP contribution in [0.5, 0.6) is 0 Å². The molecule has 1 aliphatic heterocycles. The molecule has 3 aromatic rings. The maximum atomic E-state index is 12.6. The molecule has 158 valence electrons. The van der Waals surface area contributed by atoms with Crippen molar-refractivity contribution >= 4 is 28.8 Å². The van der Waals surface area contributed by atoms with Gasteiger partial charge in [-0.3, -0.25) is 14.4 Å². The van der Waals surface area contributed by atoms with Crippen molar-refractivity contribution in [2.75, 3.05) is 31.6 Å². The average molecular weight is 411 g/mol. The zero-order valence-corrected chi connectivity index (χ0v) is 17.1. The van der Waals surface area contributed by atoms with Gasteiger partial charge in [0.1, 0.15) is 16.9 Å². The van der Waals surface area contributed by atoms with Crippen molar-refractivity contribution in [2.24, 2.45) is 7.05 Å². The highest BCUT2D eigenvalue weighted by Crippen LogP contribution is 2.29. The van der Waals surface area contributed by atoms with Crippen molar-refractivity contribution in [1.82, 2.24) is 19.7 Å². The number of nitrogens with one attached hydrogen (secondary N) is 1. The average Bonchev–Trinajstić information content (AvgIpc) is 3.33. The molecule has 0 saturated carbocycles. The van der Waals surface area contributed by atoms with Crippen LogP contribution in [0.1, 0.15) is 41.9 Å². The second-order valence-electron chi connectivity index (χ2n) is 7.37. The quantitative estimate of drug-likeness (QED) is 0.622. The molecule has 1 N–H and O–H groups in total. The number of likely N-dealkylation sites (tertiary alicyclic amines) is 1. The number of esters is 1. The molecule has 0 bridgehead atoms. The number of aryl methyl sites for hydroxylation is 1. The Labute approximate surface area is 174 Å².